The van der Waals surface area contributed by atoms with Crippen LogP contribution < -0.4 is 5.46 Å². The van der Waals surface area contributed by atoms with Gasteiger partial charge in [0.15, 0.2) is 0 Å². The molecule has 0 fully saturated rings. The van der Waals surface area contributed by atoms with Crippen molar-refractivity contribution >= 4 is 79.0 Å². The van der Waals surface area contributed by atoms with Gasteiger partial charge in [-0.25, -0.2) is 0 Å². The van der Waals surface area contributed by atoms with Crippen LogP contribution >= 0.6 is 0 Å². The van der Waals surface area contributed by atoms with Crippen molar-refractivity contribution in [3.05, 3.63) is 121 Å². The van der Waals surface area contributed by atoms with Crippen molar-refractivity contribution in [1.29, 1.82) is 0 Å². The van der Waals surface area contributed by atoms with Gasteiger partial charge in [0, 0.05) is 43.6 Å². The highest BCUT2D eigenvalue weighted by Gasteiger charge is 2.21. The topological polar surface area (TPSA) is 31.2 Å². The highest BCUT2D eigenvalue weighted by atomic mass is 16.3. The normalized spacial score (nSPS) is 12.1. The molecule has 0 bridgehead atoms. The molecule has 0 aliphatic carbocycles. The first-order chi connectivity index (χ1) is 19.8. The monoisotopic (exact) mass is 511 g/mol. The van der Waals surface area contributed by atoms with Gasteiger partial charge in [0.1, 0.15) is 30.2 Å². The molecule has 3 heterocycles. The average Bonchev–Trinajstić information content (AvgIpc) is 3.67. The first-order valence-electron chi connectivity index (χ1n) is 13.6. The molecule has 0 saturated heterocycles. The van der Waals surface area contributed by atoms with Crippen LogP contribution in [-0.4, -0.2) is 12.4 Å². The number of hydrogen-bond acceptors (Lipinski definition) is 2. The molecule has 40 heavy (non-hydrogen) atoms. The van der Waals surface area contributed by atoms with Crippen LogP contribution in [0, 0.1) is 0 Å². The lowest BCUT2D eigenvalue weighted by molar-refractivity contribution is 0.669. The molecule has 0 saturated carbocycles. The number of aromatic nitrogens is 1. The van der Waals surface area contributed by atoms with Crippen LogP contribution in [0.25, 0.3) is 82.5 Å². The summed E-state index contributed by atoms with van der Waals surface area (Å²) in [6.45, 7) is 0. The Morgan fingerprint density at radius 2 is 1.05 bits per heavy atom. The third kappa shape index (κ3) is 2.80. The van der Waals surface area contributed by atoms with E-state index in [0.717, 1.165) is 60.7 Å². The second-order valence-corrected chi connectivity index (χ2v) is 10.5. The molecule has 0 aliphatic rings. The van der Waals surface area contributed by atoms with E-state index in [4.69, 9.17) is 8.83 Å². The zero-order chi connectivity index (χ0) is 26.4. The molecule has 3 nitrogen and oxygen atoms in total. The van der Waals surface area contributed by atoms with E-state index in [0.29, 0.717) is 0 Å². The van der Waals surface area contributed by atoms with E-state index in [1.54, 1.807) is 0 Å². The highest BCUT2D eigenvalue weighted by molar-refractivity contribution is 6.44. The van der Waals surface area contributed by atoms with Gasteiger partial charge in [0.25, 0.3) is 0 Å². The molecule has 0 N–H and O–H groups in total. The fraction of sp³-hybridized carbons (Fsp3) is 0. The number of para-hydroxylation sites is 4. The van der Waals surface area contributed by atoms with E-state index >= 15 is 0 Å². The zero-order valence-electron chi connectivity index (χ0n) is 21.8. The smallest absolute Gasteiger partial charge is 0.143 e. The lowest BCUT2D eigenvalue weighted by atomic mass is 9.87. The predicted octanol–water partition coefficient (Wildman–Crippen LogP) is 8.51. The molecule has 3 aromatic heterocycles. The molecular formula is C36H22BNO2. The Labute approximate surface area is 230 Å². The lowest BCUT2D eigenvalue weighted by Crippen LogP contribution is -2.13. The molecule has 4 heteroatoms. The molecule has 186 valence electrons. The molecule has 0 unspecified atom stereocenters. The SMILES string of the molecule is Bc1c(-n2c3ccccc3c3ccccc32)ccc2oc3cccc(-c4cccc5c4oc4ccccc45)c3c12. The Morgan fingerprint density at radius 1 is 0.450 bits per heavy atom. The minimum atomic E-state index is 0.878. The third-order valence-electron chi connectivity index (χ3n) is 8.41. The number of nitrogens with zero attached hydrogens (tertiary/aromatic N) is 1. The number of fused-ring (bicyclic) bond motifs is 9. The van der Waals surface area contributed by atoms with Crippen LogP contribution in [0.4, 0.5) is 0 Å². The summed E-state index contributed by atoms with van der Waals surface area (Å²) in [7, 11) is 2.22. The highest BCUT2D eigenvalue weighted by Crippen LogP contribution is 2.42. The maximum atomic E-state index is 6.47. The van der Waals surface area contributed by atoms with Gasteiger partial charge in [-0.3, -0.25) is 0 Å². The first kappa shape index (κ1) is 21.7. The van der Waals surface area contributed by atoms with Gasteiger partial charge >= 0.3 is 0 Å². The average molecular weight is 511 g/mol. The molecule has 0 aliphatic heterocycles. The Morgan fingerprint density at radius 3 is 1.85 bits per heavy atom. The summed E-state index contributed by atoms with van der Waals surface area (Å²) < 4.78 is 15.3. The standard InChI is InChI=1S/C36H22BNO2/c37-35-29(38-27-15-4-1-9-21(27)22-10-2-5-16-28(22)38)19-20-32-34(35)33-24(12-8-18-31(33)39-32)26-14-7-13-25-23-11-3-6-17-30(23)40-36(25)26/h1-20H,37H2. The Bertz CT molecular complexity index is 2400. The number of rotatable bonds is 2. The Hall–Kier alpha value is -5.22. The van der Waals surface area contributed by atoms with Crippen molar-refractivity contribution in [1.82, 2.24) is 4.57 Å². The lowest BCUT2D eigenvalue weighted by Gasteiger charge is -2.13. The summed E-state index contributed by atoms with van der Waals surface area (Å²) in [6.07, 6.45) is 0. The van der Waals surface area contributed by atoms with Gasteiger partial charge in [-0.05, 0) is 42.0 Å². The molecule has 0 amide bonds. The largest absolute Gasteiger partial charge is 0.456 e. The van der Waals surface area contributed by atoms with Crippen LogP contribution in [-0.2, 0) is 0 Å². The Balaban J connectivity index is 1.39. The van der Waals surface area contributed by atoms with Crippen molar-refractivity contribution in [2.45, 2.75) is 0 Å². The molecule has 9 aromatic rings. The number of hydrogen-bond donors (Lipinski definition) is 0. The van der Waals surface area contributed by atoms with E-state index in [1.165, 1.54) is 27.3 Å². The van der Waals surface area contributed by atoms with Crippen molar-refractivity contribution in [2.75, 3.05) is 0 Å². The fourth-order valence-corrected chi connectivity index (χ4v) is 6.67. The van der Waals surface area contributed by atoms with Crippen molar-refractivity contribution in [3.8, 4) is 16.8 Å². The van der Waals surface area contributed by atoms with Crippen LogP contribution in [0.1, 0.15) is 0 Å². The van der Waals surface area contributed by atoms with E-state index in [2.05, 4.69) is 122 Å². The van der Waals surface area contributed by atoms with Gasteiger partial charge in [-0.15, -0.1) is 0 Å². The third-order valence-corrected chi connectivity index (χ3v) is 8.41. The first-order valence-corrected chi connectivity index (χ1v) is 13.6. The summed E-state index contributed by atoms with van der Waals surface area (Å²) in [5.41, 5.74) is 10.5. The molecular weight excluding hydrogens is 489 g/mol. The molecule has 0 radical (unpaired) electrons. The maximum Gasteiger partial charge on any atom is 0.143 e. The molecule has 0 atom stereocenters. The second kappa shape index (κ2) is 7.90. The summed E-state index contributed by atoms with van der Waals surface area (Å²) in [5.74, 6) is 0. The summed E-state index contributed by atoms with van der Waals surface area (Å²) >= 11 is 0. The summed E-state index contributed by atoms with van der Waals surface area (Å²) in [6, 6.07) is 42.6. The zero-order valence-corrected chi connectivity index (χ0v) is 21.8. The quantitative estimate of drug-likeness (QED) is 0.218. The van der Waals surface area contributed by atoms with Crippen LogP contribution in [0.15, 0.2) is 130 Å². The maximum absolute atomic E-state index is 6.47. The number of furan rings is 2. The minimum Gasteiger partial charge on any atom is -0.456 e. The predicted molar refractivity (Wildman–Crippen MR) is 169 cm³/mol. The number of benzene rings is 6. The van der Waals surface area contributed by atoms with E-state index in [9.17, 15) is 0 Å². The van der Waals surface area contributed by atoms with Gasteiger partial charge in [-0.1, -0.05) is 90.4 Å². The van der Waals surface area contributed by atoms with E-state index < -0.39 is 0 Å². The van der Waals surface area contributed by atoms with Crippen molar-refractivity contribution < 1.29 is 8.83 Å². The molecule has 6 aromatic carbocycles. The van der Waals surface area contributed by atoms with E-state index in [1.807, 2.05) is 12.1 Å². The molecule has 0 spiro atoms. The van der Waals surface area contributed by atoms with E-state index in [-0.39, 0.29) is 0 Å². The fourth-order valence-electron chi connectivity index (χ4n) is 6.67. The van der Waals surface area contributed by atoms with Crippen LogP contribution in [0.2, 0.25) is 0 Å². The van der Waals surface area contributed by atoms with Crippen molar-refractivity contribution in [2.24, 2.45) is 0 Å². The Kier molecular flexibility index (Phi) is 4.29. The minimum absolute atomic E-state index is 0.878. The summed E-state index contributed by atoms with van der Waals surface area (Å²) in [5, 5.41) is 7.02. The van der Waals surface area contributed by atoms with Crippen molar-refractivity contribution in [3.63, 3.8) is 0 Å². The van der Waals surface area contributed by atoms with Crippen LogP contribution in [0.3, 0.4) is 0 Å². The van der Waals surface area contributed by atoms with Crippen LogP contribution in [0.5, 0.6) is 0 Å². The van der Waals surface area contributed by atoms with Gasteiger partial charge in [-0.2, -0.15) is 0 Å². The summed E-state index contributed by atoms with van der Waals surface area (Å²) in [4.78, 5) is 0. The van der Waals surface area contributed by atoms with Gasteiger partial charge in [0.05, 0.1) is 11.0 Å². The van der Waals surface area contributed by atoms with Gasteiger partial charge in [0.2, 0.25) is 0 Å². The second-order valence-electron chi connectivity index (χ2n) is 10.5. The van der Waals surface area contributed by atoms with Gasteiger partial charge < -0.3 is 13.4 Å². The molecule has 9 rings (SSSR count).